The average molecular weight is 538 g/mol. The Labute approximate surface area is 243 Å². The van der Waals surface area contributed by atoms with E-state index in [1.807, 2.05) is 18.5 Å². The summed E-state index contributed by atoms with van der Waals surface area (Å²) in [7, 11) is 0. The van der Waals surface area contributed by atoms with Crippen LogP contribution >= 0.6 is 0 Å². The van der Waals surface area contributed by atoms with Crippen LogP contribution in [0.25, 0.3) is 71.6 Å². The lowest BCUT2D eigenvalue weighted by atomic mass is 9.80. The first-order valence-electron chi connectivity index (χ1n) is 14.5. The molecule has 3 nitrogen and oxygen atoms in total. The normalized spacial score (nSPS) is 13.7. The van der Waals surface area contributed by atoms with Gasteiger partial charge in [0, 0.05) is 27.8 Å². The van der Waals surface area contributed by atoms with Gasteiger partial charge in [-0.2, -0.15) is 0 Å². The molecule has 0 saturated carbocycles. The fourth-order valence-electron chi connectivity index (χ4n) is 7.35. The Morgan fingerprint density at radius 3 is 2.12 bits per heavy atom. The van der Waals surface area contributed by atoms with E-state index in [1.54, 1.807) is 0 Å². The number of pyridine rings is 2. The quantitative estimate of drug-likeness (QED) is 0.220. The summed E-state index contributed by atoms with van der Waals surface area (Å²) in [5, 5.41) is 7.47. The van der Waals surface area contributed by atoms with Gasteiger partial charge in [0.25, 0.3) is 0 Å². The molecule has 0 fully saturated rings. The highest BCUT2D eigenvalue weighted by Gasteiger charge is 2.40. The van der Waals surface area contributed by atoms with Crippen LogP contribution in [0.1, 0.15) is 25.0 Å². The van der Waals surface area contributed by atoms with E-state index >= 15 is 0 Å². The van der Waals surface area contributed by atoms with Crippen LogP contribution in [-0.2, 0) is 5.41 Å². The summed E-state index contributed by atoms with van der Waals surface area (Å²) < 4.78 is 2.44. The van der Waals surface area contributed by atoms with Gasteiger partial charge in [-0.05, 0) is 62.7 Å². The van der Waals surface area contributed by atoms with E-state index in [0.717, 1.165) is 22.5 Å². The van der Waals surface area contributed by atoms with Crippen molar-refractivity contribution in [1.82, 2.24) is 14.5 Å². The molecule has 3 heterocycles. The van der Waals surface area contributed by atoms with Crippen LogP contribution in [0.5, 0.6) is 0 Å². The smallest absolute Gasteiger partial charge is 0.0892 e. The second-order valence-corrected chi connectivity index (χ2v) is 11.9. The number of aromatic nitrogens is 3. The Bertz CT molecular complexity index is 2380. The minimum Gasteiger partial charge on any atom is -0.307 e. The van der Waals surface area contributed by atoms with Crippen molar-refractivity contribution in [3.63, 3.8) is 0 Å². The number of rotatable bonds is 2. The molecule has 3 aromatic heterocycles. The molecular formula is C39H27N3. The van der Waals surface area contributed by atoms with Crippen molar-refractivity contribution < 1.29 is 0 Å². The maximum Gasteiger partial charge on any atom is 0.0892 e. The van der Waals surface area contributed by atoms with E-state index in [4.69, 9.17) is 9.97 Å². The molecule has 198 valence electrons. The lowest BCUT2D eigenvalue weighted by Gasteiger charge is -2.24. The molecule has 1 aliphatic carbocycles. The third kappa shape index (κ3) is 3.05. The van der Waals surface area contributed by atoms with E-state index in [1.165, 1.54) is 60.2 Å². The van der Waals surface area contributed by atoms with Crippen molar-refractivity contribution in [2.45, 2.75) is 19.3 Å². The molecule has 0 atom stereocenters. The third-order valence-electron chi connectivity index (χ3n) is 9.22. The molecule has 1 aliphatic rings. The van der Waals surface area contributed by atoms with Crippen LogP contribution < -0.4 is 0 Å². The molecule has 0 N–H and O–H groups in total. The highest BCUT2D eigenvalue weighted by atomic mass is 15.0. The zero-order valence-corrected chi connectivity index (χ0v) is 23.5. The number of fused-ring (bicyclic) bond motifs is 11. The monoisotopic (exact) mass is 537 g/mol. The molecule has 0 unspecified atom stereocenters. The first-order chi connectivity index (χ1) is 20.6. The fourth-order valence-corrected chi connectivity index (χ4v) is 7.35. The van der Waals surface area contributed by atoms with Gasteiger partial charge in [0.2, 0.25) is 0 Å². The van der Waals surface area contributed by atoms with Crippen LogP contribution in [0.2, 0.25) is 0 Å². The van der Waals surface area contributed by atoms with E-state index in [0.29, 0.717) is 0 Å². The van der Waals surface area contributed by atoms with Gasteiger partial charge in [-0.3, -0.25) is 9.97 Å². The van der Waals surface area contributed by atoms with Gasteiger partial charge in [-0.25, -0.2) is 0 Å². The minimum atomic E-state index is -0.164. The minimum absolute atomic E-state index is 0.164. The van der Waals surface area contributed by atoms with Crippen LogP contribution in [0, 0.1) is 0 Å². The lowest BCUT2D eigenvalue weighted by Crippen LogP contribution is -2.16. The molecule has 0 aliphatic heterocycles. The standard InChI is InChI=1S/C39H27N3/c1-39(2)31-17-9-7-15-29(31)35-27-13-5-6-14-28(27)36-30-16-8-10-18-34(30)42(38(36)37(35)39)26-19-20-32(41-23-26)33-21-24-11-3-4-12-25(24)22-40-33/h3-23H,1-2H3. The van der Waals surface area contributed by atoms with E-state index in [-0.39, 0.29) is 5.41 Å². The number of benzene rings is 5. The molecule has 0 bridgehead atoms. The first-order valence-corrected chi connectivity index (χ1v) is 14.5. The fraction of sp³-hybridized carbons (Fsp3) is 0.0769. The van der Waals surface area contributed by atoms with E-state index < -0.39 is 0 Å². The summed E-state index contributed by atoms with van der Waals surface area (Å²) in [6.45, 7) is 4.75. The largest absolute Gasteiger partial charge is 0.307 e. The van der Waals surface area contributed by atoms with E-state index in [2.05, 4.69) is 128 Å². The Hall–Kier alpha value is -5.28. The van der Waals surface area contributed by atoms with Gasteiger partial charge >= 0.3 is 0 Å². The SMILES string of the molecule is CC1(C)c2ccccc2-c2c1c1c(c3ccccc23)c2ccccc2n1-c1ccc(-c2cc3ccccc3cn2)nc1. The van der Waals surface area contributed by atoms with Gasteiger partial charge in [-0.1, -0.05) is 105 Å². The molecular weight excluding hydrogens is 510 g/mol. The highest BCUT2D eigenvalue weighted by Crippen LogP contribution is 2.56. The topological polar surface area (TPSA) is 30.7 Å². The van der Waals surface area contributed by atoms with Gasteiger partial charge < -0.3 is 4.57 Å². The maximum absolute atomic E-state index is 4.97. The third-order valence-corrected chi connectivity index (χ3v) is 9.22. The summed E-state index contributed by atoms with van der Waals surface area (Å²) in [5.74, 6) is 0. The summed E-state index contributed by atoms with van der Waals surface area (Å²) in [6, 6.07) is 41.4. The second kappa shape index (κ2) is 8.37. The first kappa shape index (κ1) is 23.4. The summed E-state index contributed by atoms with van der Waals surface area (Å²) in [4.78, 5) is 9.70. The molecule has 5 aromatic carbocycles. The molecule has 42 heavy (non-hydrogen) atoms. The number of hydrogen-bond acceptors (Lipinski definition) is 2. The molecule has 0 radical (unpaired) electrons. The molecule has 9 rings (SSSR count). The predicted molar refractivity (Wildman–Crippen MR) is 174 cm³/mol. The van der Waals surface area contributed by atoms with Gasteiger partial charge in [0.15, 0.2) is 0 Å². The van der Waals surface area contributed by atoms with Crippen molar-refractivity contribution in [2.75, 3.05) is 0 Å². The van der Waals surface area contributed by atoms with Gasteiger partial charge in [-0.15, -0.1) is 0 Å². The van der Waals surface area contributed by atoms with Crippen molar-refractivity contribution in [3.05, 3.63) is 139 Å². The Balaban J connectivity index is 1.37. The molecule has 0 saturated heterocycles. The summed E-state index contributed by atoms with van der Waals surface area (Å²) in [5.41, 5.74) is 10.5. The second-order valence-electron chi connectivity index (χ2n) is 11.9. The number of hydrogen-bond donors (Lipinski definition) is 0. The van der Waals surface area contributed by atoms with Crippen molar-refractivity contribution in [3.8, 4) is 28.2 Å². The highest BCUT2D eigenvalue weighted by molar-refractivity contribution is 6.26. The molecule has 0 amide bonds. The van der Waals surface area contributed by atoms with Crippen LogP contribution in [0.4, 0.5) is 0 Å². The average Bonchev–Trinajstić information content (AvgIpc) is 3.50. The summed E-state index contributed by atoms with van der Waals surface area (Å²) >= 11 is 0. The Morgan fingerprint density at radius 1 is 0.595 bits per heavy atom. The van der Waals surface area contributed by atoms with Crippen LogP contribution in [0.15, 0.2) is 128 Å². The number of nitrogens with zero attached hydrogens (tertiary/aromatic N) is 3. The lowest BCUT2D eigenvalue weighted by molar-refractivity contribution is 0.664. The zero-order chi connectivity index (χ0) is 28.0. The molecule has 8 aromatic rings. The van der Waals surface area contributed by atoms with Crippen molar-refractivity contribution in [1.29, 1.82) is 0 Å². The summed E-state index contributed by atoms with van der Waals surface area (Å²) in [6.07, 6.45) is 3.94. The van der Waals surface area contributed by atoms with E-state index in [9.17, 15) is 0 Å². The van der Waals surface area contributed by atoms with Crippen molar-refractivity contribution in [2.24, 2.45) is 0 Å². The van der Waals surface area contributed by atoms with Crippen molar-refractivity contribution >= 4 is 43.4 Å². The van der Waals surface area contributed by atoms with Gasteiger partial charge in [0.05, 0.1) is 34.3 Å². The maximum atomic E-state index is 4.97. The van der Waals surface area contributed by atoms with Crippen LogP contribution in [-0.4, -0.2) is 14.5 Å². The Kier molecular flexibility index (Phi) is 4.67. The number of para-hydroxylation sites is 1. The van der Waals surface area contributed by atoms with Crippen LogP contribution in [0.3, 0.4) is 0 Å². The van der Waals surface area contributed by atoms with Gasteiger partial charge in [0.1, 0.15) is 0 Å². The predicted octanol–water partition coefficient (Wildman–Crippen LogP) is 9.85. The molecule has 3 heteroatoms. The molecule has 0 spiro atoms. The zero-order valence-electron chi connectivity index (χ0n) is 23.5. The Morgan fingerprint density at radius 2 is 1.29 bits per heavy atom.